The zero-order chi connectivity index (χ0) is 13.0. The van der Waals surface area contributed by atoms with Crippen LogP contribution in [0.15, 0.2) is 29.2 Å². The van der Waals surface area contributed by atoms with Gasteiger partial charge in [0.2, 0.25) is 5.91 Å². The fourth-order valence-corrected chi connectivity index (χ4v) is 2.40. The van der Waals surface area contributed by atoms with Gasteiger partial charge in [0.15, 0.2) is 0 Å². The number of hydrogen-bond acceptors (Lipinski definition) is 3. The molecule has 0 atom stereocenters. The van der Waals surface area contributed by atoms with E-state index in [1.807, 2.05) is 0 Å². The molecule has 0 radical (unpaired) electrons. The summed E-state index contributed by atoms with van der Waals surface area (Å²) in [7, 11) is 3.57. The minimum absolute atomic E-state index is 0.152. The Morgan fingerprint density at radius 2 is 2.00 bits per heavy atom. The molecule has 3 nitrogen and oxygen atoms in total. The predicted octanol–water partition coefficient (Wildman–Crippen LogP) is 2.12. The lowest BCUT2D eigenvalue weighted by Gasteiger charge is -2.09. The van der Waals surface area contributed by atoms with E-state index in [2.05, 4.69) is 29.6 Å². The van der Waals surface area contributed by atoms with E-state index >= 15 is 0 Å². The molecule has 18 heavy (non-hydrogen) atoms. The summed E-state index contributed by atoms with van der Waals surface area (Å²) < 4.78 is 0. The normalized spacial score (nSPS) is 14.6. The highest BCUT2D eigenvalue weighted by molar-refractivity contribution is 8.00. The van der Waals surface area contributed by atoms with Crippen molar-refractivity contribution in [1.82, 2.24) is 10.2 Å². The van der Waals surface area contributed by atoms with E-state index in [0.717, 1.165) is 17.5 Å². The van der Waals surface area contributed by atoms with Crippen molar-refractivity contribution >= 4 is 17.7 Å². The summed E-state index contributed by atoms with van der Waals surface area (Å²) in [6, 6.07) is 9.21. The van der Waals surface area contributed by atoms with Gasteiger partial charge in [-0.25, -0.2) is 0 Å². The Morgan fingerprint density at radius 3 is 2.56 bits per heavy atom. The lowest BCUT2D eigenvalue weighted by atomic mass is 10.2. The third kappa shape index (κ3) is 4.35. The van der Waals surface area contributed by atoms with Crippen molar-refractivity contribution in [3.8, 4) is 0 Å². The second-order valence-electron chi connectivity index (χ2n) is 4.88. The minimum atomic E-state index is 0.152. The summed E-state index contributed by atoms with van der Waals surface area (Å²) in [5, 5.41) is 3.49. The van der Waals surface area contributed by atoms with Crippen molar-refractivity contribution in [2.75, 3.05) is 19.8 Å². The zero-order valence-electron chi connectivity index (χ0n) is 11.0. The van der Waals surface area contributed by atoms with E-state index in [1.165, 1.54) is 18.4 Å². The number of amides is 1. The molecule has 0 bridgehead atoms. The number of benzene rings is 1. The second-order valence-corrected chi connectivity index (χ2v) is 5.92. The first-order chi connectivity index (χ1) is 8.65. The number of nitrogens with one attached hydrogen (secondary N) is 1. The molecule has 1 aromatic carbocycles. The largest absolute Gasteiger partial charge is 0.348 e. The van der Waals surface area contributed by atoms with E-state index in [1.54, 1.807) is 30.8 Å². The molecule has 1 saturated carbocycles. The van der Waals surface area contributed by atoms with Gasteiger partial charge in [-0.05, 0) is 30.5 Å². The number of rotatable bonds is 6. The minimum Gasteiger partial charge on any atom is -0.348 e. The van der Waals surface area contributed by atoms with Crippen LogP contribution < -0.4 is 5.32 Å². The molecule has 2 rings (SSSR count). The van der Waals surface area contributed by atoms with Crippen LogP contribution in [-0.4, -0.2) is 36.7 Å². The number of carbonyl (C=O) groups is 1. The standard InChI is InChI=1S/C14H20N2OS/c1-16(2)14(17)10-18-13-7-3-11(4-8-13)9-15-12-5-6-12/h3-4,7-8,12,15H,5-6,9-10H2,1-2H3. The van der Waals surface area contributed by atoms with Gasteiger partial charge in [0, 0.05) is 31.6 Å². The van der Waals surface area contributed by atoms with Crippen LogP contribution in [0.5, 0.6) is 0 Å². The molecule has 0 aromatic heterocycles. The molecule has 1 fully saturated rings. The second kappa shape index (κ2) is 6.25. The fraction of sp³-hybridized carbons (Fsp3) is 0.500. The summed E-state index contributed by atoms with van der Waals surface area (Å²) in [5.41, 5.74) is 1.31. The van der Waals surface area contributed by atoms with Crippen molar-refractivity contribution < 1.29 is 4.79 Å². The molecule has 4 heteroatoms. The van der Waals surface area contributed by atoms with E-state index < -0.39 is 0 Å². The first-order valence-corrected chi connectivity index (χ1v) is 7.29. The van der Waals surface area contributed by atoms with Crippen LogP contribution in [0.3, 0.4) is 0 Å². The Hall–Kier alpha value is -1.00. The SMILES string of the molecule is CN(C)C(=O)CSc1ccc(CNC2CC2)cc1. The molecule has 0 heterocycles. The maximum absolute atomic E-state index is 11.5. The topological polar surface area (TPSA) is 32.3 Å². The van der Waals surface area contributed by atoms with Crippen LogP contribution in [0.25, 0.3) is 0 Å². The molecule has 0 unspecified atom stereocenters. The average Bonchev–Trinajstić information content (AvgIpc) is 3.18. The van der Waals surface area contributed by atoms with Gasteiger partial charge in [-0.15, -0.1) is 11.8 Å². The third-order valence-corrected chi connectivity index (χ3v) is 3.95. The molecule has 0 spiro atoms. The van der Waals surface area contributed by atoms with Gasteiger partial charge in [-0.2, -0.15) is 0 Å². The number of nitrogens with zero attached hydrogens (tertiary/aromatic N) is 1. The maximum atomic E-state index is 11.5. The molecule has 1 N–H and O–H groups in total. The van der Waals surface area contributed by atoms with Crippen molar-refractivity contribution in [3.05, 3.63) is 29.8 Å². The summed E-state index contributed by atoms with van der Waals surface area (Å²) in [6.07, 6.45) is 2.64. The van der Waals surface area contributed by atoms with Crippen LogP contribution in [0, 0.1) is 0 Å². The highest BCUT2D eigenvalue weighted by Crippen LogP contribution is 2.21. The van der Waals surface area contributed by atoms with Gasteiger partial charge in [-0.1, -0.05) is 12.1 Å². The monoisotopic (exact) mass is 264 g/mol. The van der Waals surface area contributed by atoms with Crippen LogP contribution in [-0.2, 0) is 11.3 Å². The lowest BCUT2D eigenvalue weighted by molar-refractivity contribution is -0.125. The van der Waals surface area contributed by atoms with Gasteiger partial charge < -0.3 is 10.2 Å². The summed E-state index contributed by atoms with van der Waals surface area (Å²) >= 11 is 1.59. The molecule has 1 aliphatic carbocycles. The third-order valence-electron chi connectivity index (χ3n) is 2.96. The lowest BCUT2D eigenvalue weighted by Crippen LogP contribution is -2.23. The molecule has 1 aliphatic rings. The highest BCUT2D eigenvalue weighted by Gasteiger charge is 2.19. The molecular formula is C14H20N2OS. The predicted molar refractivity (Wildman–Crippen MR) is 75.7 cm³/mol. The molecule has 0 aliphatic heterocycles. The molecule has 98 valence electrons. The Bertz CT molecular complexity index is 399. The number of hydrogen-bond donors (Lipinski definition) is 1. The molecule has 1 aromatic rings. The van der Waals surface area contributed by atoms with Gasteiger partial charge in [0.05, 0.1) is 5.75 Å². The first kappa shape index (κ1) is 13.4. The van der Waals surface area contributed by atoms with E-state index in [0.29, 0.717) is 5.75 Å². The first-order valence-electron chi connectivity index (χ1n) is 6.30. The van der Waals surface area contributed by atoms with Crippen LogP contribution in [0.2, 0.25) is 0 Å². The maximum Gasteiger partial charge on any atom is 0.232 e. The zero-order valence-corrected chi connectivity index (χ0v) is 11.8. The smallest absolute Gasteiger partial charge is 0.232 e. The fourth-order valence-electron chi connectivity index (χ4n) is 1.53. The average molecular weight is 264 g/mol. The Kier molecular flexibility index (Phi) is 4.66. The summed E-state index contributed by atoms with van der Waals surface area (Å²) in [4.78, 5) is 14.2. The van der Waals surface area contributed by atoms with Crippen molar-refractivity contribution in [2.45, 2.75) is 30.3 Å². The van der Waals surface area contributed by atoms with E-state index in [4.69, 9.17) is 0 Å². The van der Waals surface area contributed by atoms with Crippen LogP contribution in [0.1, 0.15) is 18.4 Å². The summed E-state index contributed by atoms with van der Waals surface area (Å²) in [6.45, 7) is 0.951. The number of carbonyl (C=O) groups excluding carboxylic acids is 1. The molecular weight excluding hydrogens is 244 g/mol. The van der Waals surface area contributed by atoms with E-state index in [-0.39, 0.29) is 5.91 Å². The Labute approximate surface area is 113 Å². The molecule has 1 amide bonds. The van der Waals surface area contributed by atoms with Gasteiger partial charge in [0.1, 0.15) is 0 Å². The van der Waals surface area contributed by atoms with Gasteiger partial charge >= 0.3 is 0 Å². The van der Waals surface area contributed by atoms with Gasteiger partial charge in [0.25, 0.3) is 0 Å². The summed E-state index contributed by atoms with van der Waals surface area (Å²) in [5.74, 6) is 0.659. The quantitative estimate of drug-likeness (QED) is 0.799. The number of thioether (sulfide) groups is 1. The van der Waals surface area contributed by atoms with Crippen molar-refractivity contribution in [2.24, 2.45) is 0 Å². The van der Waals surface area contributed by atoms with E-state index in [9.17, 15) is 4.79 Å². The van der Waals surface area contributed by atoms with Crippen LogP contribution in [0.4, 0.5) is 0 Å². The van der Waals surface area contributed by atoms with Crippen LogP contribution >= 0.6 is 11.8 Å². The van der Waals surface area contributed by atoms with Crippen molar-refractivity contribution in [3.63, 3.8) is 0 Å². The van der Waals surface area contributed by atoms with Gasteiger partial charge in [-0.3, -0.25) is 4.79 Å². The Morgan fingerprint density at radius 1 is 1.33 bits per heavy atom. The highest BCUT2D eigenvalue weighted by atomic mass is 32.2. The molecule has 0 saturated heterocycles. The Balaban J connectivity index is 1.77. The van der Waals surface area contributed by atoms with Crippen molar-refractivity contribution in [1.29, 1.82) is 0 Å².